The van der Waals surface area contributed by atoms with Crippen molar-refractivity contribution in [3.05, 3.63) is 68.1 Å². The Hall–Kier alpha value is -2.96. The summed E-state index contributed by atoms with van der Waals surface area (Å²) in [7, 11) is 1.59. The van der Waals surface area contributed by atoms with Crippen LogP contribution in [-0.2, 0) is 7.05 Å². The maximum absolute atomic E-state index is 12.1. The zero-order valence-electron chi connectivity index (χ0n) is 11.5. The van der Waals surface area contributed by atoms with Gasteiger partial charge in [-0.1, -0.05) is 0 Å². The fourth-order valence-corrected chi connectivity index (χ4v) is 1.78. The van der Waals surface area contributed by atoms with E-state index in [4.69, 9.17) is 0 Å². The fourth-order valence-electron chi connectivity index (χ4n) is 1.78. The Morgan fingerprint density at radius 1 is 1.29 bits per heavy atom. The maximum Gasteiger partial charge on any atom is 0.269 e. The van der Waals surface area contributed by atoms with Crippen LogP contribution in [0.25, 0.3) is 0 Å². The molecule has 0 bridgehead atoms. The number of hydrogen-bond donors (Lipinski definition) is 1. The predicted octanol–water partition coefficient (Wildman–Crippen LogP) is 1.85. The lowest BCUT2D eigenvalue weighted by Crippen LogP contribution is -2.19. The number of non-ortho nitro benzene ring substituents is 1. The highest BCUT2D eigenvalue weighted by Crippen LogP contribution is 2.15. The number of carbonyl (C=O) groups is 1. The smallest absolute Gasteiger partial charge is 0.269 e. The summed E-state index contributed by atoms with van der Waals surface area (Å²) in [5, 5.41) is 13.2. The first kappa shape index (κ1) is 14.4. The number of carbonyl (C=O) groups excluding carboxylic acids is 1. The molecule has 1 aromatic carbocycles. The number of nitrogens with one attached hydrogen (secondary N) is 1. The summed E-state index contributed by atoms with van der Waals surface area (Å²) >= 11 is 0. The number of nitrogens with zero attached hydrogens (tertiary/aromatic N) is 2. The molecule has 1 heterocycles. The molecule has 0 saturated carbocycles. The van der Waals surface area contributed by atoms with E-state index in [0.717, 1.165) is 0 Å². The Morgan fingerprint density at radius 3 is 2.48 bits per heavy atom. The van der Waals surface area contributed by atoms with Gasteiger partial charge in [-0.3, -0.25) is 19.7 Å². The Kier molecular flexibility index (Phi) is 3.84. The lowest BCUT2D eigenvalue weighted by atomic mass is 10.2. The number of amides is 1. The molecule has 1 N–H and O–H groups in total. The average Bonchev–Trinajstić information content (AvgIpc) is 2.44. The van der Waals surface area contributed by atoms with Crippen molar-refractivity contribution in [3.8, 4) is 0 Å². The van der Waals surface area contributed by atoms with Crippen LogP contribution in [0, 0.1) is 17.0 Å². The number of anilines is 1. The van der Waals surface area contributed by atoms with Gasteiger partial charge in [0.1, 0.15) is 0 Å². The van der Waals surface area contributed by atoms with Crippen LogP contribution in [0.2, 0.25) is 0 Å². The van der Waals surface area contributed by atoms with Crippen LogP contribution in [0.5, 0.6) is 0 Å². The van der Waals surface area contributed by atoms with E-state index in [1.165, 1.54) is 41.1 Å². The van der Waals surface area contributed by atoms with Crippen molar-refractivity contribution in [1.29, 1.82) is 0 Å². The van der Waals surface area contributed by atoms with Crippen molar-refractivity contribution >= 4 is 17.3 Å². The number of rotatable bonds is 3. The summed E-state index contributed by atoms with van der Waals surface area (Å²) in [6, 6.07) is 6.71. The lowest BCUT2D eigenvalue weighted by molar-refractivity contribution is -0.384. The Bertz CT molecular complexity index is 763. The number of pyridine rings is 1. The largest absolute Gasteiger partial charge is 0.320 e. The number of aromatic nitrogens is 1. The molecule has 1 amide bonds. The van der Waals surface area contributed by atoms with E-state index in [1.807, 2.05) is 0 Å². The van der Waals surface area contributed by atoms with Gasteiger partial charge >= 0.3 is 0 Å². The Balaban J connectivity index is 2.24. The molecule has 0 saturated heterocycles. The zero-order chi connectivity index (χ0) is 15.6. The third kappa shape index (κ3) is 3.14. The molecule has 0 aliphatic rings. The van der Waals surface area contributed by atoms with Gasteiger partial charge in [-0.15, -0.1) is 0 Å². The molecule has 2 rings (SSSR count). The van der Waals surface area contributed by atoms with Crippen molar-refractivity contribution in [3.63, 3.8) is 0 Å². The first-order chi connectivity index (χ1) is 9.88. The SMILES string of the molecule is Cc1cc(=O)n(C)cc1NC(=O)c1ccc([N+](=O)[O-])cc1. The molecule has 7 nitrogen and oxygen atoms in total. The molecule has 2 aromatic rings. The van der Waals surface area contributed by atoms with E-state index < -0.39 is 10.8 Å². The highest BCUT2D eigenvalue weighted by molar-refractivity contribution is 6.04. The molecule has 21 heavy (non-hydrogen) atoms. The highest BCUT2D eigenvalue weighted by Gasteiger charge is 2.11. The van der Waals surface area contributed by atoms with Gasteiger partial charge in [0.25, 0.3) is 17.2 Å². The zero-order valence-corrected chi connectivity index (χ0v) is 11.5. The van der Waals surface area contributed by atoms with E-state index in [9.17, 15) is 19.7 Å². The Labute approximate surface area is 120 Å². The summed E-state index contributed by atoms with van der Waals surface area (Å²) in [6.45, 7) is 1.72. The maximum atomic E-state index is 12.1. The molecule has 0 aliphatic heterocycles. The summed E-state index contributed by atoms with van der Waals surface area (Å²) in [5.41, 5.74) is 1.22. The van der Waals surface area contributed by atoms with Gasteiger partial charge < -0.3 is 9.88 Å². The average molecular weight is 287 g/mol. The van der Waals surface area contributed by atoms with Gasteiger partial charge in [0.2, 0.25) is 0 Å². The second-order valence-corrected chi connectivity index (χ2v) is 4.58. The summed E-state index contributed by atoms with van der Waals surface area (Å²) < 4.78 is 1.36. The van der Waals surface area contributed by atoms with Gasteiger partial charge in [0, 0.05) is 37.0 Å². The van der Waals surface area contributed by atoms with Crippen LogP contribution in [0.4, 0.5) is 11.4 Å². The molecule has 0 radical (unpaired) electrons. The van der Waals surface area contributed by atoms with E-state index in [0.29, 0.717) is 16.8 Å². The minimum Gasteiger partial charge on any atom is -0.320 e. The second-order valence-electron chi connectivity index (χ2n) is 4.58. The van der Waals surface area contributed by atoms with E-state index in [2.05, 4.69) is 5.32 Å². The first-order valence-corrected chi connectivity index (χ1v) is 6.11. The monoisotopic (exact) mass is 287 g/mol. The summed E-state index contributed by atoms with van der Waals surface area (Å²) in [4.78, 5) is 33.5. The van der Waals surface area contributed by atoms with Crippen molar-refractivity contribution in [2.75, 3.05) is 5.32 Å². The van der Waals surface area contributed by atoms with Gasteiger partial charge in [-0.05, 0) is 24.6 Å². The topological polar surface area (TPSA) is 94.2 Å². The molecule has 0 fully saturated rings. The van der Waals surface area contributed by atoms with Gasteiger partial charge in [-0.25, -0.2) is 0 Å². The van der Waals surface area contributed by atoms with Crippen LogP contribution in [0.3, 0.4) is 0 Å². The first-order valence-electron chi connectivity index (χ1n) is 6.11. The third-order valence-corrected chi connectivity index (χ3v) is 3.02. The quantitative estimate of drug-likeness (QED) is 0.688. The lowest BCUT2D eigenvalue weighted by Gasteiger charge is -2.09. The van der Waals surface area contributed by atoms with Crippen molar-refractivity contribution in [2.45, 2.75) is 6.92 Å². The predicted molar refractivity (Wildman–Crippen MR) is 77.5 cm³/mol. The molecule has 0 atom stereocenters. The number of hydrogen-bond acceptors (Lipinski definition) is 4. The molecular formula is C14H13N3O4. The van der Waals surface area contributed by atoms with Crippen LogP contribution in [-0.4, -0.2) is 15.4 Å². The van der Waals surface area contributed by atoms with Crippen molar-refractivity contribution in [2.24, 2.45) is 7.05 Å². The van der Waals surface area contributed by atoms with Gasteiger partial charge in [0.15, 0.2) is 0 Å². The van der Waals surface area contributed by atoms with E-state index in [1.54, 1.807) is 14.0 Å². The third-order valence-electron chi connectivity index (χ3n) is 3.02. The molecule has 0 aliphatic carbocycles. The molecule has 1 aromatic heterocycles. The minimum atomic E-state index is -0.529. The van der Waals surface area contributed by atoms with Gasteiger partial charge in [0.05, 0.1) is 10.6 Å². The van der Waals surface area contributed by atoms with Crippen LogP contribution in [0.15, 0.2) is 41.3 Å². The highest BCUT2D eigenvalue weighted by atomic mass is 16.6. The summed E-state index contributed by atoms with van der Waals surface area (Å²) in [6.07, 6.45) is 1.53. The fraction of sp³-hybridized carbons (Fsp3) is 0.143. The molecule has 108 valence electrons. The Morgan fingerprint density at radius 2 is 1.90 bits per heavy atom. The van der Waals surface area contributed by atoms with E-state index in [-0.39, 0.29) is 11.2 Å². The minimum absolute atomic E-state index is 0.0789. The summed E-state index contributed by atoms with van der Waals surface area (Å²) in [5.74, 6) is -0.397. The van der Waals surface area contributed by atoms with Crippen LogP contribution >= 0.6 is 0 Å². The normalized spacial score (nSPS) is 10.2. The van der Waals surface area contributed by atoms with Crippen LogP contribution in [0.1, 0.15) is 15.9 Å². The standard InChI is InChI=1S/C14H13N3O4/c1-9-7-13(18)16(2)8-12(9)15-14(19)10-3-5-11(6-4-10)17(20)21/h3-8H,1-2H3,(H,15,19). The second kappa shape index (κ2) is 5.58. The number of nitro benzene ring substituents is 1. The van der Waals surface area contributed by atoms with Crippen molar-refractivity contribution < 1.29 is 9.72 Å². The number of nitro groups is 1. The number of aryl methyl sites for hydroxylation is 2. The van der Waals surface area contributed by atoms with Crippen molar-refractivity contribution in [1.82, 2.24) is 4.57 Å². The molecule has 7 heteroatoms. The van der Waals surface area contributed by atoms with Gasteiger partial charge in [-0.2, -0.15) is 0 Å². The molecular weight excluding hydrogens is 274 g/mol. The number of benzene rings is 1. The van der Waals surface area contributed by atoms with Crippen LogP contribution < -0.4 is 10.9 Å². The molecule has 0 unspecified atom stereocenters. The van der Waals surface area contributed by atoms with E-state index >= 15 is 0 Å². The molecule has 0 spiro atoms.